The summed E-state index contributed by atoms with van der Waals surface area (Å²) < 4.78 is 5.47. The first kappa shape index (κ1) is 16.5. The van der Waals surface area contributed by atoms with Gasteiger partial charge in [-0.2, -0.15) is 0 Å². The monoisotopic (exact) mass is 276 g/mol. The zero-order valence-electron chi connectivity index (χ0n) is 13.8. The standard InChI is InChI=1S/C17H26NO2/c1-8-18(9-2)16(19)20-15-11-12(3)14(10-13(15)4)17(5,6)7/h10H,8-9H2,1-7H3. The van der Waals surface area contributed by atoms with Gasteiger partial charge in [0.25, 0.3) is 0 Å². The SMILES string of the molecule is CCN(CC)C(=O)Oc1[c]c(C)c(C(C)(C)C)cc1C. The summed E-state index contributed by atoms with van der Waals surface area (Å²) in [6.07, 6.45) is -0.308. The Bertz CT molecular complexity index is 482. The second kappa shape index (κ2) is 6.29. The number of aryl methyl sites for hydroxylation is 2. The normalized spacial score (nSPS) is 11.3. The Morgan fingerprint density at radius 2 is 1.80 bits per heavy atom. The van der Waals surface area contributed by atoms with Crippen LogP contribution in [0.1, 0.15) is 51.3 Å². The molecule has 111 valence electrons. The minimum absolute atomic E-state index is 0.0623. The van der Waals surface area contributed by atoms with Crippen LogP contribution in [-0.2, 0) is 5.41 Å². The topological polar surface area (TPSA) is 29.5 Å². The molecule has 0 aliphatic rings. The van der Waals surface area contributed by atoms with E-state index < -0.39 is 0 Å². The molecule has 1 aromatic rings. The first-order chi connectivity index (χ1) is 9.20. The quantitative estimate of drug-likeness (QED) is 0.826. The van der Waals surface area contributed by atoms with Gasteiger partial charge in [-0.1, -0.05) is 26.8 Å². The molecule has 0 bridgehead atoms. The van der Waals surface area contributed by atoms with Crippen LogP contribution in [0.3, 0.4) is 0 Å². The summed E-state index contributed by atoms with van der Waals surface area (Å²) in [5.41, 5.74) is 3.27. The van der Waals surface area contributed by atoms with Crippen molar-refractivity contribution in [1.82, 2.24) is 4.90 Å². The average Bonchev–Trinajstić information content (AvgIpc) is 2.33. The molecule has 0 aliphatic carbocycles. The number of nitrogens with zero attached hydrogens (tertiary/aromatic N) is 1. The Morgan fingerprint density at radius 1 is 1.25 bits per heavy atom. The van der Waals surface area contributed by atoms with E-state index in [1.807, 2.05) is 27.7 Å². The third-order valence-corrected chi connectivity index (χ3v) is 3.44. The van der Waals surface area contributed by atoms with Gasteiger partial charge in [-0.3, -0.25) is 0 Å². The molecule has 0 unspecified atom stereocenters. The number of carbonyl (C=O) groups is 1. The highest BCUT2D eigenvalue weighted by Crippen LogP contribution is 2.30. The lowest BCUT2D eigenvalue weighted by atomic mass is 9.83. The van der Waals surface area contributed by atoms with Crippen LogP contribution in [0.4, 0.5) is 4.79 Å². The lowest BCUT2D eigenvalue weighted by molar-refractivity contribution is 0.157. The zero-order chi connectivity index (χ0) is 15.5. The van der Waals surface area contributed by atoms with Crippen LogP contribution in [0.15, 0.2) is 6.07 Å². The molecule has 1 aromatic carbocycles. The highest BCUT2D eigenvalue weighted by molar-refractivity contribution is 5.71. The molecule has 0 N–H and O–H groups in total. The van der Waals surface area contributed by atoms with E-state index in [-0.39, 0.29) is 11.5 Å². The van der Waals surface area contributed by atoms with Gasteiger partial charge in [0.2, 0.25) is 0 Å². The molecule has 0 saturated heterocycles. The maximum atomic E-state index is 12.0. The van der Waals surface area contributed by atoms with Crippen LogP contribution >= 0.6 is 0 Å². The lowest BCUT2D eigenvalue weighted by Crippen LogP contribution is -2.33. The summed E-state index contributed by atoms with van der Waals surface area (Å²) in [7, 11) is 0. The van der Waals surface area contributed by atoms with Gasteiger partial charge < -0.3 is 9.64 Å². The maximum Gasteiger partial charge on any atom is 0.415 e. The van der Waals surface area contributed by atoms with Crippen LogP contribution in [0.2, 0.25) is 0 Å². The second-order valence-corrected chi connectivity index (χ2v) is 6.11. The molecule has 0 spiro atoms. The summed E-state index contributed by atoms with van der Waals surface area (Å²) >= 11 is 0. The predicted molar refractivity (Wildman–Crippen MR) is 82.4 cm³/mol. The third-order valence-electron chi connectivity index (χ3n) is 3.44. The van der Waals surface area contributed by atoms with Gasteiger partial charge in [0.15, 0.2) is 0 Å². The molecule has 3 nitrogen and oxygen atoms in total. The molecule has 0 saturated carbocycles. The smallest absolute Gasteiger partial charge is 0.409 e. The van der Waals surface area contributed by atoms with E-state index in [2.05, 4.69) is 32.9 Å². The van der Waals surface area contributed by atoms with Crippen LogP contribution in [0, 0.1) is 19.9 Å². The molecule has 3 heteroatoms. The molecule has 0 heterocycles. The number of amides is 1. The van der Waals surface area contributed by atoms with Crippen molar-refractivity contribution in [3.8, 4) is 5.75 Å². The Morgan fingerprint density at radius 3 is 2.25 bits per heavy atom. The number of hydrogen-bond acceptors (Lipinski definition) is 2. The van der Waals surface area contributed by atoms with E-state index in [1.165, 1.54) is 5.56 Å². The Kier molecular flexibility index (Phi) is 5.21. The molecule has 0 fully saturated rings. The highest BCUT2D eigenvalue weighted by Gasteiger charge is 2.20. The van der Waals surface area contributed by atoms with Gasteiger partial charge in [0.1, 0.15) is 5.75 Å². The van der Waals surface area contributed by atoms with Gasteiger partial charge in [-0.15, -0.1) is 0 Å². The Labute approximate surface area is 122 Å². The zero-order valence-corrected chi connectivity index (χ0v) is 13.8. The molecule has 0 atom stereocenters. The average molecular weight is 276 g/mol. The number of hydrogen-bond donors (Lipinski definition) is 0. The number of benzene rings is 1. The first-order valence-corrected chi connectivity index (χ1v) is 7.21. The van der Waals surface area contributed by atoms with Gasteiger partial charge >= 0.3 is 6.09 Å². The molecule has 1 radical (unpaired) electrons. The van der Waals surface area contributed by atoms with Crippen LogP contribution < -0.4 is 4.74 Å². The molecule has 1 amide bonds. The van der Waals surface area contributed by atoms with Crippen LogP contribution in [-0.4, -0.2) is 24.1 Å². The Balaban J connectivity index is 3.05. The van der Waals surface area contributed by atoms with E-state index in [1.54, 1.807) is 4.90 Å². The van der Waals surface area contributed by atoms with E-state index in [0.29, 0.717) is 18.8 Å². The minimum Gasteiger partial charge on any atom is -0.409 e. The number of carbonyl (C=O) groups excluding carboxylic acids is 1. The van der Waals surface area contributed by atoms with Crippen LogP contribution in [0.25, 0.3) is 0 Å². The van der Waals surface area contributed by atoms with Crippen molar-refractivity contribution in [3.05, 3.63) is 28.8 Å². The maximum absolute atomic E-state index is 12.0. The van der Waals surface area contributed by atoms with Crippen molar-refractivity contribution < 1.29 is 9.53 Å². The highest BCUT2D eigenvalue weighted by atomic mass is 16.6. The lowest BCUT2D eigenvalue weighted by Gasteiger charge is -2.24. The predicted octanol–water partition coefficient (Wildman–Crippen LogP) is 4.24. The Hall–Kier alpha value is -1.51. The second-order valence-electron chi connectivity index (χ2n) is 6.11. The molecular weight excluding hydrogens is 250 g/mol. The molecule has 1 rings (SSSR count). The molecule has 0 aliphatic heterocycles. The summed E-state index contributed by atoms with van der Waals surface area (Å²) in [4.78, 5) is 13.7. The van der Waals surface area contributed by atoms with Gasteiger partial charge in [0.05, 0.1) is 0 Å². The fourth-order valence-electron chi connectivity index (χ4n) is 2.25. The fourth-order valence-corrected chi connectivity index (χ4v) is 2.25. The van der Waals surface area contributed by atoms with Gasteiger partial charge in [0, 0.05) is 19.2 Å². The summed E-state index contributed by atoms with van der Waals surface area (Å²) in [6, 6.07) is 5.31. The van der Waals surface area contributed by atoms with E-state index in [4.69, 9.17) is 4.74 Å². The summed E-state index contributed by atoms with van der Waals surface area (Å²) in [6.45, 7) is 15.6. The fraction of sp³-hybridized carbons (Fsp3) is 0.588. The summed E-state index contributed by atoms with van der Waals surface area (Å²) in [5.74, 6) is 0.535. The number of rotatable bonds is 3. The van der Waals surface area contributed by atoms with Crippen molar-refractivity contribution in [3.63, 3.8) is 0 Å². The molecule has 0 aromatic heterocycles. The minimum atomic E-state index is -0.308. The van der Waals surface area contributed by atoms with Crippen LogP contribution in [0.5, 0.6) is 5.75 Å². The molecule has 20 heavy (non-hydrogen) atoms. The first-order valence-electron chi connectivity index (χ1n) is 7.21. The van der Waals surface area contributed by atoms with Crippen molar-refractivity contribution in [2.45, 2.75) is 53.9 Å². The molecular formula is C17H26NO2. The summed E-state index contributed by atoms with van der Waals surface area (Å²) in [5, 5.41) is 0. The van der Waals surface area contributed by atoms with Crippen molar-refractivity contribution in [2.24, 2.45) is 0 Å². The van der Waals surface area contributed by atoms with E-state index in [9.17, 15) is 4.79 Å². The van der Waals surface area contributed by atoms with Crippen molar-refractivity contribution >= 4 is 6.09 Å². The third kappa shape index (κ3) is 3.75. The van der Waals surface area contributed by atoms with Gasteiger partial charge in [-0.05, 0) is 49.8 Å². The van der Waals surface area contributed by atoms with Crippen molar-refractivity contribution in [1.29, 1.82) is 0 Å². The largest absolute Gasteiger partial charge is 0.415 e. The van der Waals surface area contributed by atoms with E-state index in [0.717, 1.165) is 11.1 Å². The van der Waals surface area contributed by atoms with E-state index >= 15 is 0 Å². The van der Waals surface area contributed by atoms with Crippen molar-refractivity contribution in [2.75, 3.05) is 13.1 Å². The number of ether oxygens (including phenoxy) is 1. The van der Waals surface area contributed by atoms with Gasteiger partial charge in [-0.25, -0.2) is 4.79 Å².